The van der Waals surface area contributed by atoms with Crippen molar-refractivity contribution in [3.63, 3.8) is 0 Å². The average Bonchev–Trinajstić information content (AvgIpc) is 2.32. The van der Waals surface area contributed by atoms with Crippen LogP contribution < -0.4 is 10.0 Å². The lowest BCUT2D eigenvalue weighted by Gasteiger charge is -2.30. The molecule has 0 aromatic heterocycles. The molecule has 1 aliphatic rings. The number of nitrogens with one attached hydrogen (secondary N) is 2. The average molecular weight is 289 g/mol. The van der Waals surface area contributed by atoms with Crippen molar-refractivity contribution in [3.8, 4) is 0 Å². The van der Waals surface area contributed by atoms with E-state index in [1.54, 1.807) is 18.2 Å². The Morgan fingerprint density at radius 2 is 2.11 bits per heavy atom. The third kappa shape index (κ3) is 3.03. The topological polar surface area (TPSA) is 58.2 Å². The van der Waals surface area contributed by atoms with Gasteiger partial charge in [-0.1, -0.05) is 30.7 Å². The largest absolute Gasteiger partial charge is 0.316 e. The molecule has 1 fully saturated rings. The van der Waals surface area contributed by atoms with Crippen molar-refractivity contribution in [2.24, 2.45) is 5.92 Å². The summed E-state index contributed by atoms with van der Waals surface area (Å²) in [5, 5.41) is 3.50. The van der Waals surface area contributed by atoms with Crippen LogP contribution in [-0.2, 0) is 10.0 Å². The molecule has 1 aromatic rings. The molecule has 1 saturated heterocycles. The standard InChI is InChI=1S/C12H17ClN2O2S/c1-9-8-14-7-6-11(9)15-18(16,17)12-5-3-2-4-10(12)13/h2-5,9,11,14-15H,6-8H2,1H3. The second-order valence-electron chi connectivity index (χ2n) is 4.63. The molecule has 0 saturated carbocycles. The van der Waals surface area contributed by atoms with Crippen molar-refractivity contribution in [1.82, 2.24) is 10.0 Å². The number of benzene rings is 1. The van der Waals surface area contributed by atoms with Gasteiger partial charge in [-0.15, -0.1) is 0 Å². The van der Waals surface area contributed by atoms with Gasteiger partial charge in [-0.05, 0) is 37.6 Å². The maximum atomic E-state index is 12.3. The van der Waals surface area contributed by atoms with Crippen LogP contribution >= 0.6 is 11.6 Å². The normalized spacial score (nSPS) is 25.0. The van der Waals surface area contributed by atoms with Crippen LogP contribution in [0.1, 0.15) is 13.3 Å². The summed E-state index contributed by atoms with van der Waals surface area (Å²) in [5.41, 5.74) is 0. The minimum Gasteiger partial charge on any atom is -0.316 e. The quantitative estimate of drug-likeness (QED) is 0.888. The summed E-state index contributed by atoms with van der Waals surface area (Å²) in [4.78, 5) is 0.150. The Hall–Kier alpha value is -0.620. The van der Waals surface area contributed by atoms with Crippen LogP contribution in [0.2, 0.25) is 5.02 Å². The first kappa shape index (κ1) is 13.8. The molecule has 2 atom stereocenters. The van der Waals surface area contributed by atoms with Crippen LogP contribution in [-0.4, -0.2) is 27.5 Å². The zero-order chi connectivity index (χ0) is 13.2. The maximum Gasteiger partial charge on any atom is 0.242 e. The van der Waals surface area contributed by atoms with Gasteiger partial charge in [0, 0.05) is 6.04 Å². The highest BCUT2D eigenvalue weighted by Gasteiger charge is 2.27. The number of hydrogen-bond acceptors (Lipinski definition) is 3. The van der Waals surface area contributed by atoms with Crippen LogP contribution in [0, 0.1) is 5.92 Å². The summed E-state index contributed by atoms with van der Waals surface area (Å²) in [6.07, 6.45) is 0.796. The van der Waals surface area contributed by atoms with Crippen molar-refractivity contribution in [2.75, 3.05) is 13.1 Å². The summed E-state index contributed by atoms with van der Waals surface area (Å²) < 4.78 is 27.3. The van der Waals surface area contributed by atoms with Crippen molar-refractivity contribution in [2.45, 2.75) is 24.3 Å². The first-order valence-electron chi connectivity index (χ1n) is 5.98. The molecule has 0 radical (unpaired) electrons. The Kier molecular flexibility index (Phi) is 4.27. The van der Waals surface area contributed by atoms with Gasteiger partial charge in [0.25, 0.3) is 0 Å². The smallest absolute Gasteiger partial charge is 0.242 e. The number of sulfonamides is 1. The highest BCUT2D eigenvalue weighted by Crippen LogP contribution is 2.22. The highest BCUT2D eigenvalue weighted by molar-refractivity contribution is 7.89. The van der Waals surface area contributed by atoms with Crippen molar-refractivity contribution >= 4 is 21.6 Å². The molecule has 1 aliphatic heterocycles. The van der Waals surface area contributed by atoms with E-state index in [1.807, 2.05) is 6.92 Å². The molecule has 0 amide bonds. The molecule has 2 N–H and O–H groups in total. The molecule has 4 nitrogen and oxygen atoms in total. The van der Waals surface area contributed by atoms with Gasteiger partial charge in [-0.25, -0.2) is 13.1 Å². The SMILES string of the molecule is CC1CNCCC1NS(=O)(=O)c1ccccc1Cl. The van der Waals surface area contributed by atoms with Gasteiger partial charge < -0.3 is 5.32 Å². The molecule has 2 unspecified atom stereocenters. The van der Waals surface area contributed by atoms with Gasteiger partial charge in [0.05, 0.1) is 5.02 Å². The van der Waals surface area contributed by atoms with E-state index in [2.05, 4.69) is 10.0 Å². The lowest BCUT2D eigenvalue weighted by atomic mass is 9.97. The second-order valence-corrected chi connectivity index (χ2v) is 6.72. The van der Waals surface area contributed by atoms with Crippen LogP contribution in [0.3, 0.4) is 0 Å². The predicted octanol–water partition coefficient (Wildman–Crippen LogP) is 1.62. The third-order valence-electron chi connectivity index (χ3n) is 3.22. The molecule has 1 heterocycles. The molecule has 2 rings (SSSR count). The summed E-state index contributed by atoms with van der Waals surface area (Å²) in [6, 6.07) is 6.46. The fraction of sp³-hybridized carbons (Fsp3) is 0.500. The van der Waals surface area contributed by atoms with E-state index in [4.69, 9.17) is 11.6 Å². The summed E-state index contributed by atoms with van der Waals surface area (Å²) >= 11 is 5.93. The van der Waals surface area contributed by atoms with Crippen LogP contribution in [0.25, 0.3) is 0 Å². The van der Waals surface area contributed by atoms with Crippen molar-refractivity contribution < 1.29 is 8.42 Å². The fourth-order valence-corrected chi connectivity index (χ4v) is 4.01. The second kappa shape index (κ2) is 5.57. The molecular formula is C12H17ClN2O2S. The van der Waals surface area contributed by atoms with Crippen molar-refractivity contribution in [3.05, 3.63) is 29.3 Å². The van der Waals surface area contributed by atoms with Gasteiger partial charge in [0.1, 0.15) is 4.90 Å². The Balaban J connectivity index is 2.19. The zero-order valence-electron chi connectivity index (χ0n) is 10.2. The van der Waals surface area contributed by atoms with Gasteiger partial charge >= 0.3 is 0 Å². The third-order valence-corrected chi connectivity index (χ3v) is 5.21. The zero-order valence-corrected chi connectivity index (χ0v) is 11.8. The summed E-state index contributed by atoms with van der Waals surface area (Å²) in [6.45, 7) is 3.70. The summed E-state index contributed by atoms with van der Waals surface area (Å²) in [5.74, 6) is 0.274. The Labute approximate surface area is 113 Å². The number of halogens is 1. The molecule has 0 bridgehead atoms. The van der Waals surface area contributed by atoms with Crippen LogP contribution in [0.5, 0.6) is 0 Å². The van der Waals surface area contributed by atoms with E-state index >= 15 is 0 Å². The minimum absolute atomic E-state index is 0.0347. The number of hydrogen-bond donors (Lipinski definition) is 2. The first-order valence-corrected chi connectivity index (χ1v) is 7.84. The maximum absolute atomic E-state index is 12.3. The summed E-state index contributed by atoms with van der Waals surface area (Å²) in [7, 11) is -3.53. The van der Waals surface area contributed by atoms with E-state index in [0.29, 0.717) is 0 Å². The van der Waals surface area contributed by atoms with Gasteiger partial charge in [0.2, 0.25) is 10.0 Å². The highest BCUT2D eigenvalue weighted by atomic mass is 35.5. The molecule has 0 aliphatic carbocycles. The molecule has 0 spiro atoms. The Morgan fingerprint density at radius 1 is 1.39 bits per heavy atom. The van der Waals surface area contributed by atoms with Crippen LogP contribution in [0.4, 0.5) is 0 Å². The molecule has 100 valence electrons. The monoisotopic (exact) mass is 288 g/mol. The molecule has 1 aromatic carbocycles. The van der Waals surface area contributed by atoms with Crippen LogP contribution in [0.15, 0.2) is 29.2 Å². The lowest BCUT2D eigenvalue weighted by molar-refractivity contribution is 0.328. The van der Waals surface area contributed by atoms with Gasteiger partial charge in [-0.2, -0.15) is 0 Å². The number of rotatable bonds is 3. The first-order chi connectivity index (χ1) is 8.50. The Morgan fingerprint density at radius 3 is 2.78 bits per heavy atom. The minimum atomic E-state index is -3.53. The van der Waals surface area contributed by atoms with E-state index in [0.717, 1.165) is 19.5 Å². The molecule has 18 heavy (non-hydrogen) atoms. The predicted molar refractivity (Wildman–Crippen MR) is 72.2 cm³/mol. The van der Waals surface area contributed by atoms with Crippen molar-refractivity contribution in [1.29, 1.82) is 0 Å². The lowest BCUT2D eigenvalue weighted by Crippen LogP contribution is -2.48. The molecule has 6 heteroatoms. The number of piperidine rings is 1. The van der Waals surface area contributed by atoms with Gasteiger partial charge in [0.15, 0.2) is 0 Å². The van der Waals surface area contributed by atoms with E-state index in [1.165, 1.54) is 6.07 Å². The Bertz CT molecular complexity index is 519. The van der Waals surface area contributed by atoms with E-state index < -0.39 is 10.0 Å². The fourth-order valence-electron chi connectivity index (χ4n) is 2.11. The van der Waals surface area contributed by atoms with E-state index in [-0.39, 0.29) is 21.9 Å². The van der Waals surface area contributed by atoms with Gasteiger partial charge in [-0.3, -0.25) is 0 Å². The molecular weight excluding hydrogens is 272 g/mol. The van der Waals surface area contributed by atoms with E-state index in [9.17, 15) is 8.42 Å².